The van der Waals surface area contributed by atoms with E-state index in [4.69, 9.17) is 0 Å². The highest BCUT2D eigenvalue weighted by atomic mass is 15.1. The van der Waals surface area contributed by atoms with Gasteiger partial charge in [0.25, 0.3) is 0 Å². The maximum atomic E-state index is 2.28. The highest BCUT2D eigenvalue weighted by Gasteiger charge is 2.08. The van der Waals surface area contributed by atoms with E-state index < -0.39 is 0 Å². The number of para-hydroxylation sites is 1. The first-order valence-corrected chi connectivity index (χ1v) is 5.92. The lowest BCUT2D eigenvalue weighted by Crippen LogP contribution is -2.34. The van der Waals surface area contributed by atoms with Gasteiger partial charge < -0.3 is 0 Å². The van der Waals surface area contributed by atoms with Crippen LogP contribution in [0.3, 0.4) is 0 Å². The van der Waals surface area contributed by atoms with E-state index in [0.29, 0.717) is 0 Å². The van der Waals surface area contributed by atoms with E-state index in [1.165, 1.54) is 12.1 Å². The molecule has 2 heteroatoms. The van der Waals surface area contributed by atoms with E-state index in [-0.39, 0.29) is 0 Å². The van der Waals surface area contributed by atoms with Crippen LogP contribution in [0.4, 0.5) is 0 Å². The van der Waals surface area contributed by atoms with Gasteiger partial charge in [-0.25, -0.2) is 9.13 Å². The zero-order chi connectivity index (χ0) is 11.4. The molecule has 0 spiro atoms. The molecule has 2 rings (SSSR count). The van der Waals surface area contributed by atoms with Crippen molar-refractivity contribution >= 4 is 0 Å². The summed E-state index contributed by atoms with van der Waals surface area (Å²) in [6.45, 7) is 5.61. The summed E-state index contributed by atoms with van der Waals surface area (Å²) < 4.78 is 4.41. The summed E-state index contributed by atoms with van der Waals surface area (Å²) in [4.78, 5) is 0. The Labute approximate surface area is 97.2 Å². The van der Waals surface area contributed by atoms with Crippen molar-refractivity contribution < 1.29 is 4.57 Å². The molecule has 0 radical (unpaired) electrons. The Balaban J connectivity index is 2.14. The lowest BCUT2D eigenvalue weighted by atomic mass is 10.1. The fourth-order valence-corrected chi connectivity index (χ4v) is 1.74. The Hall–Kier alpha value is -1.57. The third kappa shape index (κ3) is 2.51. The molecule has 0 N–H and O–H groups in total. The summed E-state index contributed by atoms with van der Waals surface area (Å²) in [6, 6.07) is 10.4. The minimum absolute atomic E-state index is 0.733. The van der Waals surface area contributed by atoms with Crippen LogP contribution < -0.4 is 4.57 Å². The molecule has 1 atom stereocenters. The van der Waals surface area contributed by atoms with E-state index in [0.717, 1.165) is 12.5 Å². The van der Waals surface area contributed by atoms with Crippen LogP contribution in [0.2, 0.25) is 0 Å². The predicted molar refractivity (Wildman–Crippen MR) is 65.4 cm³/mol. The van der Waals surface area contributed by atoms with Crippen LogP contribution in [0.25, 0.3) is 5.69 Å². The Bertz CT molecular complexity index is 431. The van der Waals surface area contributed by atoms with Crippen molar-refractivity contribution in [3.05, 3.63) is 49.1 Å². The molecular formula is C14H19N2+. The van der Waals surface area contributed by atoms with Crippen molar-refractivity contribution in [1.29, 1.82) is 0 Å². The summed E-state index contributed by atoms with van der Waals surface area (Å²) in [5.74, 6) is 0.733. The number of hydrogen-bond donors (Lipinski definition) is 0. The van der Waals surface area contributed by atoms with Crippen LogP contribution in [-0.4, -0.2) is 4.57 Å². The molecule has 0 aliphatic carbocycles. The average Bonchev–Trinajstić information content (AvgIpc) is 2.78. The van der Waals surface area contributed by atoms with Gasteiger partial charge in [0, 0.05) is 0 Å². The molecule has 1 aromatic carbocycles. The molecule has 0 fully saturated rings. The van der Waals surface area contributed by atoms with E-state index >= 15 is 0 Å². The number of hydrogen-bond acceptors (Lipinski definition) is 0. The summed E-state index contributed by atoms with van der Waals surface area (Å²) in [6.07, 6.45) is 7.63. The number of nitrogens with zero attached hydrogens (tertiary/aromatic N) is 2. The number of rotatable bonds is 4. The van der Waals surface area contributed by atoms with Gasteiger partial charge in [-0.15, -0.1) is 0 Å². The summed E-state index contributed by atoms with van der Waals surface area (Å²) in [7, 11) is 0. The Morgan fingerprint density at radius 1 is 1.25 bits per heavy atom. The monoisotopic (exact) mass is 215 g/mol. The number of imidazole rings is 1. The third-order valence-electron chi connectivity index (χ3n) is 2.97. The minimum atomic E-state index is 0.733. The maximum Gasteiger partial charge on any atom is 0.248 e. The van der Waals surface area contributed by atoms with Gasteiger partial charge in [-0.2, -0.15) is 0 Å². The fraction of sp³-hybridized carbons (Fsp3) is 0.357. The first-order valence-electron chi connectivity index (χ1n) is 5.92. The molecule has 84 valence electrons. The number of aromatic nitrogens is 2. The zero-order valence-corrected chi connectivity index (χ0v) is 10.0. The summed E-state index contributed by atoms with van der Waals surface area (Å²) >= 11 is 0. The number of benzene rings is 1. The molecule has 0 amide bonds. The second-order valence-corrected chi connectivity index (χ2v) is 4.37. The van der Waals surface area contributed by atoms with Gasteiger partial charge in [0.15, 0.2) is 0 Å². The Morgan fingerprint density at radius 3 is 2.69 bits per heavy atom. The van der Waals surface area contributed by atoms with E-state index in [1.54, 1.807) is 0 Å². The van der Waals surface area contributed by atoms with E-state index in [9.17, 15) is 0 Å². The highest BCUT2D eigenvalue weighted by Crippen LogP contribution is 2.05. The molecule has 0 saturated heterocycles. The third-order valence-corrected chi connectivity index (χ3v) is 2.97. The van der Waals surface area contributed by atoms with Crippen molar-refractivity contribution in [2.24, 2.45) is 5.92 Å². The SMILES string of the molecule is CCC(C)C[n+]1ccn(-c2ccccc2)c1. The van der Waals surface area contributed by atoms with Crippen molar-refractivity contribution in [3.8, 4) is 5.69 Å². The molecule has 1 unspecified atom stereocenters. The van der Waals surface area contributed by atoms with Gasteiger partial charge in [-0.1, -0.05) is 32.0 Å². The molecule has 0 saturated carbocycles. The van der Waals surface area contributed by atoms with Gasteiger partial charge >= 0.3 is 0 Å². The van der Waals surface area contributed by atoms with Crippen LogP contribution in [0.1, 0.15) is 20.3 Å². The van der Waals surface area contributed by atoms with E-state index in [1.807, 2.05) is 6.07 Å². The van der Waals surface area contributed by atoms with E-state index in [2.05, 4.69) is 66.0 Å². The first kappa shape index (κ1) is 10.9. The zero-order valence-electron chi connectivity index (χ0n) is 10.0. The molecule has 1 heterocycles. The topological polar surface area (TPSA) is 8.81 Å². The quantitative estimate of drug-likeness (QED) is 0.693. The van der Waals surface area contributed by atoms with Crippen molar-refractivity contribution in [3.63, 3.8) is 0 Å². The second-order valence-electron chi connectivity index (χ2n) is 4.37. The largest absolute Gasteiger partial charge is 0.248 e. The predicted octanol–water partition coefficient (Wildman–Crippen LogP) is 2.81. The van der Waals surface area contributed by atoms with Crippen molar-refractivity contribution in [2.75, 3.05) is 0 Å². The summed E-state index contributed by atoms with van der Waals surface area (Å²) in [5, 5.41) is 0. The van der Waals surface area contributed by atoms with Gasteiger partial charge in [0.2, 0.25) is 6.33 Å². The molecule has 0 aliphatic heterocycles. The highest BCUT2D eigenvalue weighted by molar-refractivity contribution is 5.30. The normalized spacial score (nSPS) is 12.6. The van der Waals surface area contributed by atoms with Gasteiger partial charge in [-0.3, -0.25) is 0 Å². The first-order chi connectivity index (χ1) is 7.79. The van der Waals surface area contributed by atoms with Crippen molar-refractivity contribution in [2.45, 2.75) is 26.8 Å². The van der Waals surface area contributed by atoms with Crippen LogP contribution in [0.5, 0.6) is 0 Å². The molecule has 1 aromatic heterocycles. The lowest BCUT2D eigenvalue weighted by molar-refractivity contribution is -0.702. The van der Waals surface area contributed by atoms with Gasteiger partial charge in [-0.05, 0) is 24.5 Å². The van der Waals surface area contributed by atoms with Crippen LogP contribution >= 0.6 is 0 Å². The summed E-state index contributed by atoms with van der Waals surface area (Å²) in [5.41, 5.74) is 1.21. The van der Waals surface area contributed by atoms with Crippen LogP contribution in [0.15, 0.2) is 49.1 Å². The van der Waals surface area contributed by atoms with Gasteiger partial charge in [0.05, 0.1) is 6.54 Å². The second kappa shape index (κ2) is 4.97. The maximum absolute atomic E-state index is 2.28. The fourth-order valence-electron chi connectivity index (χ4n) is 1.74. The van der Waals surface area contributed by atoms with Gasteiger partial charge in [0.1, 0.15) is 18.1 Å². The molecule has 2 nitrogen and oxygen atoms in total. The van der Waals surface area contributed by atoms with Crippen molar-refractivity contribution in [1.82, 2.24) is 4.57 Å². The molecule has 0 aliphatic rings. The Kier molecular flexibility index (Phi) is 3.40. The van der Waals surface area contributed by atoms with Crippen LogP contribution in [-0.2, 0) is 6.54 Å². The smallest absolute Gasteiger partial charge is 0.236 e. The minimum Gasteiger partial charge on any atom is -0.236 e. The standard InChI is InChI=1S/C14H19N2/c1-3-13(2)11-15-9-10-16(12-15)14-7-5-4-6-8-14/h4-10,12-13H,3,11H2,1-2H3/q+1. The molecule has 16 heavy (non-hydrogen) atoms. The average molecular weight is 215 g/mol. The molecule has 0 bridgehead atoms. The Morgan fingerprint density at radius 2 is 2.00 bits per heavy atom. The van der Waals surface area contributed by atoms with Crippen LogP contribution in [0, 0.1) is 5.92 Å². The lowest BCUT2D eigenvalue weighted by Gasteiger charge is -2.03. The molecular weight excluding hydrogens is 196 g/mol. The molecule has 2 aromatic rings.